The van der Waals surface area contributed by atoms with Crippen molar-refractivity contribution in [3.63, 3.8) is 0 Å². The molecule has 0 bridgehead atoms. The molecular weight excluding hydrogens is 675 g/mol. The van der Waals surface area contributed by atoms with Crippen molar-refractivity contribution >= 4 is 38.4 Å². The number of nitrogens with two attached hydrogens (primary N) is 1. The smallest absolute Gasteiger partial charge is 0.418 e. The molecule has 0 aliphatic carbocycles. The van der Waals surface area contributed by atoms with Gasteiger partial charge in [0.1, 0.15) is 11.4 Å². The number of alkyl halides is 3. The highest BCUT2D eigenvalue weighted by molar-refractivity contribution is 7.89. The number of sulfonamides is 1. The molecule has 15 heteroatoms. The van der Waals surface area contributed by atoms with E-state index in [1.807, 2.05) is 0 Å². The molecule has 254 valence electrons. The standard InChI is InChI=1S/C33H31F4N3O6S2/c34-25-7-10-28(11-8-25)48(45,46)40-15-13-24(14-16-40)32(42,31(41)39-26-9-12-30(38)29(19-26)33(35,36)37)20-21-3-1-4-22(17-21)23-5-2-6-27(18-23)47(43)44/h1-12,17-19,24,42H,13-16,20,38H2,(H,39,41)(H,43,44)/p-1. The molecule has 1 aliphatic rings. The Kier molecular flexibility index (Phi) is 10.1. The normalized spacial score (nSPS) is 16.6. The van der Waals surface area contributed by atoms with Gasteiger partial charge in [-0.15, -0.1) is 0 Å². The Morgan fingerprint density at radius 3 is 2.21 bits per heavy atom. The molecule has 0 aromatic heterocycles. The van der Waals surface area contributed by atoms with Crippen molar-refractivity contribution in [2.45, 2.75) is 40.8 Å². The lowest BCUT2D eigenvalue weighted by Gasteiger charge is -2.40. The monoisotopic (exact) mass is 704 g/mol. The second-order valence-electron chi connectivity index (χ2n) is 11.5. The van der Waals surface area contributed by atoms with E-state index in [1.54, 1.807) is 36.4 Å². The first kappa shape index (κ1) is 35.2. The van der Waals surface area contributed by atoms with Crippen LogP contribution in [0.4, 0.5) is 28.9 Å². The van der Waals surface area contributed by atoms with Crippen LogP contribution in [0.25, 0.3) is 11.1 Å². The van der Waals surface area contributed by atoms with Gasteiger partial charge in [-0.1, -0.05) is 36.4 Å². The van der Waals surface area contributed by atoms with Gasteiger partial charge in [0, 0.05) is 35.8 Å². The maximum Gasteiger partial charge on any atom is 0.418 e. The van der Waals surface area contributed by atoms with Gasteiger partial charge in [-0.05, 0) is 101 Å². The topological polar surface area (TPSA) is 153 Å². The summed E-state index contributed by atoms with van der Waals surface area (Å²) in [5.41, 5.74) is 2.88. The highest BCUT2D eigenvalue weighted by atomic mass is 32.2. The molecule has 0 spiro atoms. The summed E-state index contributed by atoms with van der Waals surface area (Å²) in [5, 5.41) is 14.6. The van der Waals surface area contributed by atoms with E-state index < -0.39 is 61.8 Å². The van der Waals surface area contributed by atoms with E-state index in [4.69, 9.17) is 5.73 Å². The molecule has 0 saturated carbocycles. The van der Waals surface area contributed by atoms with Crippen molar-refractivity contribution in [2.75, 3.05) is 24.1 Å². The van der Waals surface area contributed by atoms with Crippen LogP contribution in [0, 0.1) is 11.7 Å². The first-order valence-corrected chi connectivity index (χ1v) is 17.1. The van der Waals surface area contributed by atoms with Crippen molar-refractivity contribution < 1.29 is 44.6 Å². The average molecular weight is 705 g/mol. The van der Waals surface area contributed by atoms with E-state index in [1.165, 1.54) is 18.2 Å². The van der Waals surface area contributed by atoms with Gasteiger partial charge in [-0.25, -0.2) is 12.8 Å². The Hall–Kier alpha value is -4.15. The fourth-order valence-electron chi connectivity index (χ4n) is 5.81. The summed E-state index contributed by atoms with van der Waals surface area (Å²) in [4.78, 5) is 13.8. The molecule has 1 saturated heterocycles. The lowest BCUT2D eigenvalue weighted by atomic mass is 9.76. The minimum Gasteiger partial charge on any atom is -0.768 e. The first-order valence-electron chi connectivity index (χ1n) is 14.6. The van der Waals surface area contributed by atoms with Crippen molar-refractivity contribution in [3.8, 4) is 11.1 Å². The van der Waals surface area contributed by atoms with Crippen molar-refractivity contribution in [1.29, 1.82) is 0 Å². The number of benzene rings is 4. The second-order valence-corrected chi connectivity index (χ2v) is 14.3. The number of aliphatic hydroxyl groups is 1. The summed E-state index contributed by atoms with van der Waals surface area (Å²) < 4.78 is 105. The second kappa shape index (κ2) is 13.8. The van der Waals surface area contributed by atoms with Gasteiger partial charge in [0.05, 0.1) is 10.5 Å². The van der Waals surface area contributed by atoms with E-state index >= 15 is 0 Å². The number of halogens is 4. The molecule has 0 radical (unpaired) electrons. The lowest BCUT2D eigenvalue weighted by molar-refractivity contribution is -0.142. The van der Waals surface area contributed by atoms with Gasteiger partial charge >= 0.3 is 6.18 Å². The zero-order chi connectivity index (χ0) is 34.9. The third kappa shape index (κ3) is 7.60. The van der Waals surface area contributed by atoms with Gasteiger partial charge in [-0.2, -0.15) is 17.5 Å². The third-order valence-electron chi connectivity index (χ3n) is 8.35. The molecule has 4 aromatic carbocycles. The third-order valence-corrected chi connectivity index (χ3v) is 10.9. The van der Waals surface area contributed by atoms with Crippen LogP contribution in [0.5, 0.6) is 0 Å². The van der Waals surface area contributed by atoms with Gasteiger partial charge in [0.15, 0.2) is 0 Å². The van der Waals surface area contributed by atoms with Crippen LogP contribution in [-0.4, -0.2) is 51.2 Å². The van der Waals surface area contributed by atoms with Crippen molar-refractivity contribution in [3.05, 3.63) is 108 Å². The zero-order valence-electron chi connectivity index (χ0n) is 25.1. The highest BCUT2D eigenvalue weighted by Gasteiger charge is 2.46. The van der Waals surface area contributed by atoms with Crippen LogP contribution < -0.4 is 11.1 Å². The van der Waals surface area contributed by atoms with Gasteiger partial charge in [0.2, 0.25) is 10.0 Å². The van der Waals surface area contributed by atoms with Crippen LogP contribution in [0.1, 0.15) is 24.0 Å². The van der Waals surface area contributed by atoms with Crippen LogP contribution in [0.15, 0.2) is 101 Å². The zero-order valence-corrected chi connectivity index (χ0v) is 26.7. The summed E-state index contributed by atoms with van der Waals surface area (Å²) in [7, 11) is -4.02. The number of nitrogens with zero attached hydrogens (tertiary/aromatic N) is 1. The number of carbonyl (C=O) groups excluding carboxylic acids is 1. The number of rotatable bonds is 9. The molecule has 9 nitrogen and oxygen atoms in total. The van der Waals surface area contributed by atoms with Crippen LogP contribution in [-0.2, 0) is 38.5 Å². The predicted octanol–water partition coefficient (Wildman–Crippen LogP) is 5.34. The highest BCUT2D eigenvalue weighted by Crippen LogP contribution is 2.38. The van der Waals surface area contributed by atoms with Crippen LogP contribution in [0.3, 0.4) is 0 Å². The molecule has 4 N–H and O–H groups in total. The van der Waals surface area contributed by atoms with Crippen molar-refractivity contribution in [1.82, 2.24) is 4.31 Å². The van der Waals surface area contributed by atoms with Gasteiger partial charge < -0.3 is 20.7 Å². The minimum absolute atomic E-state index is 0.0108. The van der Waals surface area contributed by atoms with E-state index in [0.717, 1.165) is 34.6 Å². The fraction of sp³-hybridized carbons (Fsp3) is 0.242. The number of amides is 1. The number of carbonyl (C=O) groups is 1. The Morgan fingerprint density at radius 1 is 0.958 bits per heavy atom. The number of anilines is 2. The molecule has 1 aliphatic heterocycles. The summed E-state index contributed by atoms with van der Waals surface area (Å²) in [6, 6.07) is 19.9. The maximum atomic E-state index is 13.9. The number of hydrogen-bond donors (Lipinski definition) is 3. The molecule has 5 rings (SSSR count). The molecule has 1 amide bonds. The predicted molar refractivity (Wildman–Crippen MR) is 170 cm³/mol. The van der Waals surface area contributed by atoms with E-state index in [2.05, 4.69) is 5.32 Å². The molecule has 4 aromatic rings. The molecule has 1 fully saturated rings. The largest absolute Gasteiger partial charge is 0.768 e. The first-order chi connectivity index (χ1) is 22.6. The van der Waals surface area contributed by atoms with E-state index in [9.17, 15) is 44.6 Å². The minimum atomic E-state index is -4.81. The Bertz CT molecular complexity index is 1950. The maximum absolute atomic E-state index is 13.9. The van der Waals surface area contributed by atoms with Crippen LogP contribution in [0.2, 0.25) is 0 Å². The Labute approximate surface area is 276 Å². The Morgan fingerprint density at radius 2 is 1.58 bits per heavy atom. The number of piperidine rings is 1. The Balaban J connectivity index is 1.46. The molecule has 48 heavy (non-hydrogen) atoms. The molecule has 1 heterocycles. The van der Waals surface area contributed by atoms with E-state index in [-0.39, 0.29) is 47.8 Å². The number of nitrogens with one attached hydrogen (secondary N) is 1. The van der Waals surface area contributed by atoms with Crippen LogP contribution >= 0.6 is 0 Å². The van der Waals surface area contributed by atoms with Gasteiger partial charge in [-0.3, -0.25) is 9.00 Å². The molecule has 2 unspecified atom stereocenters. The summed E-state index contributed by atoms with van der Waals surface area (Å²) in [5.74, 6) is -2.46. The molecule has 2 atom stereocenters. The summed E-state index contributed by atoms with van der Waals surface area (Å²) >= 11 is -2.48. The van der Waals surface area contributed by atoms with E-state index in [0.29, 0.717) is 22.8 Å². The van der Waals surface area contributed by atoms with Gasteiger partial charge in [0.25, 0.3) is 5.91 Å². The number of hydrogen-bond acceptors (Lipinski definition) is 7. The number of nitrogen functional groups attached to an aromatic ring is 1. The SMILES string of the molecule is Nc1ccc(NC(=O)C(O)(Cc2cccc(-c3cccc(S(=O)[O-])c3)c2)C2CCN(S(=O)(=O)c3ccc(F)cc3)CC2)cc1C(F)(F)F. The summed E-state index contributed by atoms with van der Waals surface area (Å²) in [6.45, 7) is -0.196. The molecular formula is C33H30F4N3O6S2-. The summed E-state index contributed by atoms with van der Waals surface area (Å²) in [6.07, 6.45) is -5.09. The van der Waals surface area contributed by atoms with Crippen molar-refractivity contribution in [2.24, 2.45) is 5.92 Å². The fourth-order valence-corrected chi connectivity index (χ4v) is 7.69. The average Bonchev–Trinajstić information content (AvgIpc) is 3.05. The lowest BCUT2D eigenvalue weighted by Crippen LogP contribution is -2.54. The quantitative estimate of drug-likeness (QED) is 0.121.